The second-order valence-electron chi connectivity index (χ2n) is 8.86. The van der Waals surface area contributed by atoms with E-state index in [1.807, 2.05) is 5.38 Å². The van der Waals surface area contributed by atoms with Crippen molar-refractivity contribution < 1.29 is 14.3 Å². The minimum Gasteiger partial charge on any atom is -0.465 e. The third-order valence-corrected chi connectivity index (χ3v) is 7.88. The van der Waals surface area contributed by atoms with Crippen molar-refractivity contribution in [2.75, 3.05) is 7.11 Å². The van der Waals surface area contributed by atoms with Crippen molar-refractivity contribution in [3.8, 4) is 0 Å². The van der Waals surface area contributed by atoms with Gasteiger partial charge in [-0.3, -0.25) is 4.79 Å². The van der Waals surface area contributed by atoms with Crippen LogP contribution in [0.15, 0.2) is 33.5 Å². The third-order valence-electron chi connectivity index (χ3n) is 7.19. The Kier molecular flexibility index (Phi) is 4.34. The lowest BCUT2D eigenvalue weighted by molar-refractivity contribution is -0.136. The van der Waals surface area contributed by atoms with Gasteiger partial charge in [0.05, 0.1) is 12.7 Å². The highest BCUT2D eigenvalue weighted by atomic mass is 32.1. The third kappa shape index (κ3) is 2.93. The van der Waals surface area contributed by atoms with E-state index >= 15 is 0 Å². The number of rotatable bonds is 5. The fourth-order valence-electron chi connectivity index (χ4n) is 6.24. The Morgan fingerprint density at radius 1 is 1.11 bits per heavy atom. The highest BCUT2D eigenvalue weighted by Gasteiger charge is 2.47. The highest BCUT2D eigenvalue weighted by molar-refractivity contribution is 7.08. The van der Waals surface area contributed by atoms with E-state index < -0.39 is 0 Å². The Morgan fingerprint density at radius 2 is 1.78 bits per heavy atom. The topological polar surface area (TPSA) is 43.4 Å². The van der Waals surface area contributed by atoms with E-state index in [9.17, 15) is 9.59 Å². The number of allylic oxidation sites excluding steroid dienone is 2. The summed E-state index contributed by atoms with van der Waals surface area (Å²) in [6.45, 7) is 0. The van der Waals surface area contributed by atoms with Gasteiger partial charge >= 0.3 is 5.97 Å². The molecule has 0 atom stereocenters. The van der Waals surface area contributed by atoms with Gasteiger partial charge in [-0.05, 0) is 102 Å². The minimum absolute atomic E-state index is 0.341. The lowest BCUT2D eigenvalue weighted by Gasteiger charge is -2.52. The lowest BCUT2D eigenvalue weighted by Crippen LogP contribution is -2.41. The van der Waals surface area contributed by atoms with Gasteiger partial charge in [0.1, 0.15) is 0 Å². The molecule has 0 radical (unpaired) electrons. The van der Waals surface area contributed by atoms with Crippen LogP contribution in [0, 0.1) is 29.6 Å². The number of ether oxygens (including phenoxy) is 1. The molecule has 4 heteroatoms. The fourth-order valence-corrected chi connectivity index (χ4v) is 6.90. The van der Waals surface area contributed by atoms with Gasteiger partial charge in [0.25, 0.3) is 0 Å². The van der Waals surface area contributed by atoms with E-state index in [1.54, 1.807) is 11.3 Å². The molecular formula is C23H26O3S. The van der Waals surface area contributed by atoms with Crippen LogP contribution in [0.5, 0.6) is 0 Å². The maximum atomic E-state index is 12.9. The molecule has 1 aromatic heterocycles. The molecule has 6 rings (SSSR count). The summed E-state index contributed by atoms with van der Waals surface area (Å²) in [6, 6.07) is 2.07. The molecule has 0 unspecified atom stereocenters. The minimum atomic E-state index is -0.341. The SMILES string of the molecule is COC(=O)/C(C(C=O)=C1C2CC3CC(C2)CC1C3)=C(\c1ccsc1)C1CC1. The van der Waals surface area contributed by atoms with Crippen molar-refractivity contribution in [3.63, 3.8) is 0 Å². The zero-order valence-corrected chi connectivity index (χ0v) is 16.6. The predicted molar refractivity (Wildman–Crippen MR) is 106 cm³/mol. The van der Waals surface area contributed by atoms with Crippen LogP contribution in [0.3, 0.4) is 0 Å². The largest absolute Gasteiger partial charge is 0.465 e. The van der Waals surface area contributed by atoms with Crippen molar-refractivity contribution in [2.24, 2.45) is 29.6 Å². The molecule has 5 aliphatic rings. The highest BCUT2D eigenvalue weighted by Crippen LogP contribution is 2.58. The summed E-state index contributed by atoms with van der Waals surface area (Å²) in [5, 5.41) is 4.14. The lowest BCUT2D eigenvalue weighted by atomic mass is 9.53. The summed E-state index contributed by atoms with van der Waals surface area (Å²) >= 11 is 1.64. The van der Waals surface area contributed by atoms with Crippen LogP contribution in [0.1, 0.15) is 50.5 Å². The molecule has 0 spiro atoms. The summed E-state index contributed by atoms with van der Waals surface area (Å²) in [5.74, 6) is 2.67. The summed E-state index contributed by atoms with van der Waals surface area (Å²) in [6.07, 6.45) is 9.32. The number of carbonyl (C=O) groups excluding carboxylic acids is 2. The monoisotopic (exact) mass is 382 g/mol. The first kappa shape index (κ1) is 17.4. The normalized spacial score (nSPS) is 32.3. The summed E-state index contributed by atoms with van der Waals surface area (Å²) in [5.41, 5.74) is 4.66. The molecular weight excluding hydrogens is 356 g/mol. The quantitative estimate of drug-likeness (QED) is 0.407. The van der Waals surface area contributed by atoms with E-state index in [1.165, 1.54) is 44.8 Å². The zero-order chi connectivity index (χ0) is 18.5. The van der Waals surface area contributed by atoms with Crippen LogP contribution in [0.25, 0.3) is 5.57 Å². The first-order valence-electron chi connectivity index (χ1n) is 10.2. The Morgan fingerprint density at radius 3 is 2.26 bits per heavy atom. The van der Waals surface area contributed by atoms with Gasteiger partial charge in [0.2, 0.25) is 0 Å². The molecule has 5 saturated carbocycles. The van der Waals surface area contributed by atoms with E-state index in [4.69, 9.17) is 4.74 Å². The van der Waals surface area contributed by atoms with Crippen LogP contribution < -0.4 is 0 Å². The van der Waals surface area contributed by atoms with Gasteiger partial charge in [-0.15, -0.1) is 0 Å². The van der Waals surface area contributed by atoms with Gasteiger partial charge < -0.3 is 4.74 Å². The Bertz CT molecular complexity index is 796. The zero-order valence-electron chi connectivity index (χ0n) is 15.8. The van der Waals surface area contributed by atoms with Gasteiger partial charge in [0, 0.05) is 5.57 Å². The summed E-state index contributed by atoms with van der Waals surface area (Å²) < 4.78 is 5.21. The fraction of sp³-hybridized carbons (Fsp3) is 0.565. The average Bonchev–Trinajstić information content (AvgIpc) is 3.35. The number of thiophene rings is 1. The van der Waals surface area contributed by atoms with Gasteiger partial charge in [-0.25, -0.2) is 4.79 Å². The summed E-state index contributed by atoms with van der Waals surface area (Å²) in [7, 11) is 1.43. The molecule has 0 saturated heterocycles. The molecule has 1 aromatic rings. The van der Waals surface area contributed by atoms with Crippen molar-refractivity contribution in [3.05, 3.63) is 39.1 Å². The Balaban J connectivity index is 1.70. The van der Waals surface area contributed by atoms with Crippen molar-refractivity contribution in [2.45, 2.75) is 44.9 Å². The van der Waals surface area contributed by atoms with Gasteiger partial charge in [-0.1, -0.05) is 5.57 Å². The van der Waals surface area contributed by atoms with Gasteiger partial charge in [-0.2, -0.15) is 11.3 Å². The molecule has 3 nitrogen and oxygen atoms in total. The molecule has 0 N–H and O–H groups in total. The molecule has 5 fully saturated rings. The molecule has 0 aromatic carbocycles. The van der Waals surface area contributed by atoms with Crippen LogP contribution in [0.2, 0.25) is 0 Å². The molecule has 0 amide bonds. The second-order valence-corrected chi connectivity index (χ2v) is 9.64. The Labute approximate surface area is 164 Å². The number of esters is 1. The van der Waals surface area contributed by atoms with Crippen LogP contribution in [-0.2, 0) is 14.3 Å². The second kappa shape index (κ2) is 6.73. The maximum Gasteiger partial charge on any atom is 0.338 e. The van der Waals surface area contributed by atoms with Crippen LogP contribution in [0.4, 0.5) is 0 Å². The molecule has 27 heavy (non-hydrogen) atoms. The smallest absolute Gasteiger partial charge is 0.338 e. The standard InChI is InChI=1S/C23H26O3S/c1-26-23(25)22(21(15-2-3-15)16-4-5-27-12-16)19(11-24)20-17-7-13-6-14(9-17)10-18(20)8-13/h4-5,11-15,17-18H,2-3,6-10H2,1H3/b20-19?,22-21-. The molecule has 5 aliphatic carbocycles. The predicted octanol–water partition coefficient (Wildman–Crippen LogP) is 5.04. The van der Waals surface area contributed by atoms with Crippen LogP contribution >= 0.6 is 11.3 Å². The van der Waals surface area contributed by atoms with E-state index in [0.717, 1.165) is 42.1 Å². The molecule has 142 valence electrons. The van der Waals surface area contributed by atoms with Crippen molar-refractivity contribution in [1.82, 2.24) is 0 Å². The van der Waals surface area contributed by atoms with Crippen molar-refractivity contribution in [1.29, 1.82) is 0 Å². The van der Waals surface area contributed by atoms with E-state index in [2.05, 4.69) is 11.4 Å². The average molecular weight is 383 g/mol. The first-order chi connectivity index (χ1) is 13.2. The maximum absolute atomic E-state index is 12.9. The summed E-state index contributed by atoms with van der Waals surface area (Å²) in [4.78, 5) is 25.4. The molecule has 1 heterocycles. The van der Waals surface area contributed by atoms with Crippen molar-refractivity contribution >= 4 is 29.2 Å². The Hall–Kier alpha value is -1.68. The first-order valence-corrected chi connectivity index (χ1v) is 11.2. The molecule has 0 aliphatic heterocycles. The molecule has 4 bridgehead atoms. The van der Waals surface area contributed by atoms with E-state index in [-0.39, 0.29) is 5.97 Å². The number of hydrogen-bond donors (Lipinski definition) is 0. The number of aldehydes is 1. The van der Waals surface area contributed by atoms with Gasteiger partial charge in [0.15, 0.2) is 6.29 Å². The van der Waals surface area contributed by atoms with E-state index in [0.29, 0.717) is 28.9 Å². The number of hydrogen-bond acceptors (Lipinski definition) is 4. The number of carbonyl (C=O) groups is 2. The number of methoxy groups -OCH3 is 1. The van der Waals surface area contributed by atoms with Crippen LogP contribution in [-0.4, -0.2) is 19.4 Å².